The number of benzene rings is 1. The monoisotopic (exact) mass is 408 g/mol. The highest BCUT2D eigenvalue weighted by Gasteiger charge is 2.58. The fourth-order valence-electron chi connectivity index (χ4n) is 5.14. The first-order valence-electron chi connectivity index (χ1n) is 11.2. The second-order valence-corrected chi connectivity index (χ2v) is 8.61. The zero-order valence-corrected chi connectivity index (χ0v) is 17.9. The van der Waals surface area contributed by atoms with Gasteiger partial charge in [-0.1, -0.05) is 42.0 Å². The van der Waals surface area contributed by atoms with E-state index >= 15 is 0 Å². The minimum absolute atomic E-state index is 0.0361. The van der Waals surface area contributed by atoms with Crippen molar-refractivity contribution in [3.63, 3.8) is 0 Å². The number of amides is 2. The quantitative estimate of drug-likeness (QED) is 0.228. The van der Waals surface area contributed by atoms with Gasteiger partial charge in [-0.15, -0.1) is 0 Å². The number of hydrogen-bond acceptors (Lipinski definition) is 3. The van der Waals surface area contributed by atoms with Crippen LogP contribution in [-0.2, 0) is 16.0 Å². The van der Waals surface area contributed by atoms with Crippen molar-refractivity contribution in [1.82, 2.24) is 15.5 Å². The summed E-state index contributed by atoms with van der Waals surface area (Å²) >= 11 is 0. The molecule has 2 amide bonds. The zero-order chi connectivity index (χ0) is 21.1. The summed E-state index contributed by atoms with van der Waals surface area (Å²) in [5, 5.41) is 6.63. The van der Waals surface area contributed by atoms with Gasteiger partial charge in [0.05, 0.1) is 11.8 Å². The van der Waals surface area contributed by atoms with Gasteiger partial charge in [-0.2, -0.15) is 0 Å². The van der Waals surface area contributed by atoms with Crippen LogP contribution in [0.15, 0.2) is 41.4 Å². The molecule has 1 aliphatic heterocycles. The van der Waals surface area contributed by atoms with Crippen LogP contribution in [0.2, 0.25) is 0 Å². The van der Waals surface area contributed by atoms with Crippen molar-refractivity contribution in [1.29, 1.82) is 0 Å². The first-order valence-corrected chi connectivity index (χ1v) is 11.2. The standard InChI is InChI=1S/C24H32N4O2/c1-3-25-24(27-12-10-17-7-4-6-16(2)14-17)26-11-5-13-28-22(29)20-18-8-9-19(15-18)21(20)23(28)30/h4,6-9,14,18-21H,3,5,10-13,15H2,1-2H3,(H2,25,26,27). The third-order valence-electron chi connectivity index (χ3n) is 6.50. The molecule has 0 aromatic heterocycles. The molecule has 1 aromatic rings. The van der Waals surface area contributed by atoms with Gasteiger partial charge in [0.1, 0.15) is 0 Å². The maximum atomic E-state index is 12.7. The Hall–Kier alpha value is -2.63. The third-order valence-corrected chi connectivity index (χ3v) is 6.50. The zero-order valence-electron chi connectivity index (χ0n) is 17.9. The van der Waals surface area contributed by atoms with E-state index in [0.29, 0.717) is 19.5 Å². The number of fused-ring (bicyclic) bond motifs is 5. The van der Waals surface area contributed by atoms with Crippen molar-refractivity contribution < 1.29 is 9.59 Å². The highest BCUT2D eigenvalue weighted by molar-refractivity contribution is 6.06. The van der Waals surface area contributed by atoms with Crippen molar-refractivity contribution in [2.45, 2.75) is 33.1 Å². The topological polar surface area (TPSA) is 73.8 Å². The van der Waals surface area contributed by atoms with Crippen LogP contribution in [0.25, 0.3) is 0 Å². The molecule has 2 aliphatic carbocycles. The van der Waals surface area contributed by atoms with Crippen LogP contribution in [-0.4, -0.2) is 48.9 Å². The van der Waals surface area contributed by atoms with E-state index in [0.717, 1.165) is 31.9 Å². The molecular formula is C24H32N4O2. The van der Waals surface area contributed by atoms with E-state index in [1.165, 1.54) is 16.0 Å². The second kappa shape index (κ2) is 9.02. The van der Waals surface area contributed by atoms with Gasteiger partial charge in [0.2, 0.25) is 11.8 Å². The predicted molar refractivity (Wildman–Crippen MR) is 118 cm³/mol. The predicted octanol–water partition coefficient (Wildman–Crippen LogP) is 2.29. The molecule has 2 bridgehead atoms. The Kier molecular flexibility index (Phi) is 6.21. The van der Waals surface area contributed by atoms with E-state index in [9.17, 15) is 9.59 Å². The van der Waals surface area contributed by atoms with Crippen molar-refractivity contribution in [3.8, 4) is 0 Å². The van der Waals surface area contributed by atoms with Gasteiger partial charge in [0.15, 0.2) is 5.96 Å². The summed E-state index contributed by atoms with van der Waals surface area (Å²) in [5.41, 5.74) is 2.57. The highest BCUT2D eigenvalue weighted by Crippen LogP contribution is 2.52. The molecule has 6 nitrogen and oxygen atoms in total. The number of guanidine groups is 1. The number of aryl methyl sites for hydroxylation is 1. The lowest BCUT2D eigenvalue weighted by molar-refractivity contribution is -0.140. The molecule has 1 heterocycles. The molecule has 1 saturated heterocycles. The Balaban J connectivity index is 1.24. The molecule has 2 fully saturated rings. The van der Waals surface area contributed by atoms with Gasteiger partial charge in [0.25, 0.3) is 0 Å². The van der Waals surface area contributed by atoms with E-state index in [1.54, 1.807) is 0 Å². The van der Waals surface area contributed by atoms with Gasteiger partial charge < -0.3 is 10.6 Å². The lowest BCUT2D eigenvalue weighted by Crippen LogP contribution is -2.38. The minimum atomic E-state index is -0.100. The van der Waals surface area contributed by atoms with Crippen LogP contribution < -0.4 is 10.6 Å². The molecule has 1 aromatic carbocycles. The summed E-state index contributed by atoms with van der Waals surface area (Å²) in [6.07, 6.45) is 6.87. The molecule has 30 heavy (non-hydrogen) atoms. The molecular weight excluding hydrogens is 376 g/mol. The Labute approximate surface area is 178 Å². The summed E-state index contributed by atoms with van der Waals surface area (Å²) in [7, 11) is 0. The Morgan fingerprint density at radius 1 is 1.13 bits per heavy atom. The maximum Gasteiger partial charge on any atom is 0.233 e. The van der Waals surface area contributed by atoms with Crippen molar-refractivity contribution in [2.75, 3.05) is 26.2 Å². The van der Waals surface area contributed by atoms with Crippen molar-refractivity contribution in [2.24, 2.45) is 28.7 Å². The van der Waals surface area contributed by atoms with Crippen LogP contribution in [0.3, 0.4) is 0 Å². The SMILES string of the molecule is CCNC(=NCCCN1C(=O)C2C3C=CC(C3)C2C1=O)NCCc1cccc(C)c1. The van der Waals surface area contributed by atoms with E-state index < -0.39 is 0 Å². The summed E-state index contributed by atoms with van der Waals surface area (Å²) in [6, 6.07) is 8.53. The van der Waals surface area contributed by atoms with E-state index in [2.05, 4.69) is 59.0 Å². The van der Waals surface area contributed by atoms with E-state index in [-0.39, 0.29) is 35.5 Å². The van der Waals surface area contributed by atoms with Crippen LogP contribution in [0.4, 0.5) is 0 Å². The lowest BCUT2D eigenvalue weighted by Gasteiger charge is -2.17. The number of nitrogens with zero attached hydrogens (tertiary/aromatic N) is 2. The number of hydrogen-bond donors (Lipinski definition) is 2. The average Bonchev–Trinajstić information content (AvgIpc) is 3.40. The van der Waals surface area contributed by atoms with Crippen LogP contribution in [0.5, 0.6) is 0 Å². The van der Waals surface area contributed by atoms with Crippen molar-refractivity contribution in [3.05, 3.63) is 47.5 Å². The molecule has 1 saturated carbocycles. The van der Waals surface area contributed by atoms with Gasteiger partial charge in [-0.25, -0.2) is 0 Å². The summed E-state index contributed by atoms with van der Waals surface area (Å²) < 4.78 is 0. The minimum Gasteiger partial charge on any atom is -0.357 e. The number of aliphatic imine (C=N–C) groups is 1. The molecule has 0 spiro atoms. The fraction of sp³-hybridized carbons (Fsp3) is 0.542. The number of nitrogens with one attached hydrogen (secondary N) is 2. The molecule has 2 N–H and O–H groups in total. The van der Waals surface area contributed by atoms with Crippen LogP contribution >= 0.6 is 0 Å². The van der Waals surface area contributed by atoms with Crippen LogP contribution in [0, 0.1) is 30.6 Å². The average molecular weight is 409 g/mol. The number of likely N-dealkylation sites (tertiary alicyclic amines) is 1. The normalized spacial score (nSPS) is 27.1. The first-order chi connectivity index (χ1) is 14.6. The summed E-state index contributed by atoms with van der Waals surface area (Å²) in [5.74, 6) is 1.20. The number of imide groups is 1. The first kappa shape index (κ1) is 20.6. The molecule has 4 atom stereocenters. The molecule has 0 radical (unpaired) electrons. The largest absolute Gasteiger partial charge is 0.357 e. The van der Waals surface area contributed by atoms with Gasteiger partial charge in [0, 0.05) is 26.2 Å². The third kappa shape index (κ3) is 4.13. The van der Waals surface area contributed by atoms with Gasteiger partial charge >= 0.3 is 0 Å². The number of carbonyl (C=O) groups is 2. The lowest BCUT2D eigenvalue weighted by atomic mass is 9.85. The van der Waals surface area contributed by atoms with E-state index in [4.69, 9.17) is 0 Å². The van der Waals surface area contributed by atoms with E-state index in [1.807, 2.05) is 6.92 Å². The second-order valence-electron chi connectivity index (χ2n) is 8.61. The van der Waals surface area contributed by atoms with Gasteiger partial charge in [-0.3, -0.25) is 19.5 Å². The number of carbonyl (C=O) groups excluding carboxylic acids is 2. The smallest absolute Gasteiger partial charge is 0.233 e. The molecule has 4 unspecified atom stereocenters. The highest BCUT2D eigenvalue weighted by atomic mass is 16.2. The fourth-order valence-corrected chi connectivity index (χ4v) is 5.14. The molecule has 6 heteroatoms. The summed E-state index contributed by atoms with van der Waals surface area (Å²) in [4.78, 5) is 31.6. The Morgan fingerprint density at radius 2 is 1.87 bits per heavy atom. The summed E-state index contributed by atoms with van der Waals surface area (Å²) in [6.45, 7) is 6.79. The van der Waals surface area contributed by atoms with Crippen molar-refractivity contribution >= 4 is 17.8 Å². The molecule has 4 rings (SSSR count). The molecule has 160 valence electrons. The molecule has 3 aliphatic rings. The Bertz CT molecular complexity index is 833. The maximum absolute atomic E-state index is 12.7. The van der Waals surface area contributed by atoms with Gasteiger partial charge in [-0.05, 0) is 50.5 Å². The van der Waals surface area contributed by atoms with Crippen LogP contribution in [0.1, 0.15) is 30.9 Å². The Morgan fingerprint density at radius 3 is 2.53 bits per heavy atom. The number of allylic oxidation sites excluding steroid dienone is 2. The number of rotatable bonds is 8.